The third-order valence-corrected chi connectivity index (χ3v) is 3.62. The van der Waals surface area contributed by atoms with Crippen molar-refractivity contribution in [3.8, 4) is 0 Å². The lowest BCUT2D eigenvalue weighted by atomic mass is 10.0. The van der Waals surface area contributed by atoms with E-state index in [-0.39, 0.29) is 12.5 Å². The molecule has 24 heavy (non-hydrogen) atoms. The second-order valence-corrected chi connectivity index (χ2v) is 6.88. The molecule has 6 nitrogen and oxygen atoms in total. The lowest BCUT2D eigenvalue weighted by Gasteiger charge is -2.24. The molecule has 0 bridgehead atoms. The maximum Gasteiger partial charge on any atom is 0.328 e. The van der Waals surface area contributed by atoms with Gasteiger partial charge in [0.15, 0.2) is 6.54 Å². The maximum atomic E-state index is 12.3. The molecule has 2 aromatic rings. The van der Waals surface area contributed by atoms with Gasteiger partial charge in [0.25, 0.3) is 5.91 Å². The summed E-state index contributed by atoms with van der Waals surface area (Å²) in [5.41, 5.74) is 1.99. The molecule has 1 heterocycles. The van der Waals surface area contributed by atoms with E-state index in [1.165, 1.54) is 0 Å². The van der Waals surface area contributed by atoms with E-state index in [4.69, 9.17) is 4.74 Å². The molecule has 0 fully saturated rings. The lowest BCUT2D eigenvalue weighted by Crippen LogP contribution is -2.50. The number of likely N-dealkylation sites (N-methyl/N-ethyl adjacent to an activating group) is 1. The molecule has 1 aromatic heterocycles. The van der Waals surface area contributed by atoms with Gasteiger partial charge in [-0.1, -0.05) is 18.2 Å². The second kappa shape index (κ2) is 7.49. The fourth-order valence-electron chi connectivity index (χ4n) is 2.63. The number of aromatic nitrogens is 1. The molecule has 0 spiro atoms. The monoisotopic (exact) mass is 332 g/mol. The summed E-state index contributed by atoms with van der Waals surface area (Å²) in [6.45, 7) is 2.34. The number of esters is 1. The van der Waals surface area contributed by atoms with Crippen LogP contribution in [-0.4, -0.2) is 61.7 Å². The van der Waals surface area contributed by atoms with E-state index in [9.17, 15) is 9.59 Å². The van der Waals surface area contributed by atoms with Gasteiger partial charge >= 0.3 is 5.97 Å². The average molecular weight is 332 g/mol. The van der Waals surface area contributed by atoms with Crippen LogP contribution in [0, 0.1) is 0 Å². The number of ether oxygens (including phenoxy) is 1. The molecule has 0 radical (unpaired) electrons. The average Bonchev–Trinajstić information content (AvgIpc) is 2.88. The zero-order valence-corrected chi connectivity index (χ0v) is 14.8. The van der Waals surface area contributed by atoms with E-state index < -0.39 is 12.0 Å². The number of nitrogens with one attached hydrogen (secondary N) is 2. The Hall–Kier alpha value is -2.34. The number of benzene rings is 1. The number of amides is 1. The highest BCUT2D eigenvalue weighted by atomic mass is 16.5. The third kappa shape index (κ3) is 4.83. The molecule has 130 valence electrons. The SMILES string of the molecule is CCOC(=O)[C@H](Cc1c[nH]c2ccccc12)NC(=O)C[N+](C)(C)C. The highest BCUT2D eigenvalue weighted by Crippen LogP contribution is 2.19. The molecule has 0 saturated carbocycles. The molecular weight excluding hydrogens is 306 g/mol. The molecule has 2 rings (SSSR count). The van der Waals surface area contributed by atoms with Gasteiger partial charge in [-0.15, -0.1) is 0 Å². The lowest BCUT2D eigenvalue weighted by molar-refractivity contribution is -0.862. The summed E-state index contributed by atoms with van der Waals surface area (Å²) in [4.78, 5) is 27.7. The van der Waals surface area contributed by atoms with Gasteiger partial charge in [-0.3, -0.25) is 4.79 Å². The van der Waals surface area contributed by atoms with Crippen LogP contribution in [0.25, 0.3) is 10.9 Å². The minimum absolute atomic E-state index is 0.166. The number of H-pyrrole nitrogens is 1. The van der Waals surface area contributed by atoms with Gasteiger partial charge in [-0.2, -0.15) is 0 Å². The number of nitrogens with zero attached hydrogens (tertiary/aromatic N) is 1. The van der Waals surface area contributed by atoms with E-state index in [2.05, 4.69) is 10.3 Å². The maximum absolute atomic E-state index is 12.3. The third-order valence-electron chi connectivity index (χ3n) is 3.62. The molecule has 0 aliphatic rings. The summed E-state index contributed by atoms with van der Waals surface area (Å²) >= 11 is 0. The highest BCUT2D eigenvalue weighted by Gasteiger charge is 2.25. The van der Waals surface area contributed by atoms with Crippen molar-refractivity contribution < 1.29 is 18.8 Å². The van der Waals surface area contributed by atoms with Crippen molar-refractivity contribution in [3.63, 3.8) is 0 Å². The van der Waals surface area contributed by atoms with Gasteiger partial charge < -0.3 is 19.5 Å². The van der Waals surface area contributed by atoms with Crippen LogP contribution < -0.4 is 5.32 Å². The second-order valence-electron chi connectivity index (χ2n) is 6.88. The van der Waals surface area contributed by atoms with Gasteiger partial charge in [-0.05, 0) is 18.6 Å². The van der Waals surface area contributed by atoms with Crippen LogP contribution in [0.1, 0.15) is 12.5 Å². The minimum atomic E-state index is -0.691. The van der Waals surface area contributed by atoms with Crippen molar-refractivity contribution in [3.05, 3.63) is 36.0 Å². The number of carbonyl (C=O) groups is 2. The molecule has 6 heteroatoms. The van der Waals surface area contributed by atoms with Crippen LogP contribution in [0.4, 0.5) is 0 Å². The first-order valence-corrected chi connectivity index (χ1v) is 8.11. The van der Waals surface area contributed by atoms with Gasteiger partial charge in [0.1, 0.15) is 6.04 Å². The zero-order valence-electron chi connectivity index (χ0n) is 14.8. The molecule has 0 saturated heterocycles. The van der Waals surface area contributed by atoms with Gasteiger partial charge in [0.2, 0.25) is 0 Å². The Labute approximate surface area is 142 Å². The van der Waals surface area contributed by atoms with E-state index >= 15 is 0 Å². The Bertz CT molecular complexity index is 716. The number of quaternary nitrogens is 1. The first-order chi connectivity index (χ1) is 11.3. The summed E-state index contributed by atoms with van der Waals surface area (Å²) in [6.07, 6.45) is 2.27. The number of hydrogen-bond donors (Lipinski definition) is 2. The van der Waals surface area contributed by atoms with Crippen molar-refractivity contribution in [2.75, 3.05) is 34.3 Å². The van der Waals surface area contributed by atoms with Crippen LogP contribution in [0.5, 0.6) is 0 Å². The van der Waals surface area contributed by atoms with Crippen LogP contribution >= 0.6 is 0 Å². The molecule has 1 aromatic carbocycles. The van der Waals surface area contributed by atoms with Crippen LogP contribution in [0.15, 0.2) is 30.5 Å². The largest absolute Gasteiger partial charge is 0.464 e. The molecule has 0 aliphatic carbocycles. The number of para-hydroxylation sites is 1. The Morgan fingerprint density at radius 3 is 2.62 bits per heavy atom. The normalized spacial score (nSPS) is 12.8. The van der Waals surface area contributed by atoms with E-state index in [1.54, 1.807) is 6.92 Å². The summed E-state index contributed by atoms with van der Waals surface area (Å²) in [7, 11) is 5.79. The molecular formula is C18H26N3O3+. The molecule has 1 atom stereocenters. The number of aromatic amines is 1. The predicted octanol–water partition coefficient (Wildman–Crippen LogP) is 1.46. The van der Waals surface area contributed by atoms with Crippen molar-refractivity contribution in [2.24, 2.45) is 0 Å². The van der Waals surface area contributed by atoms with Gasteiger partial charge in [0.05, 0.1) is 27.7 Å². The summed E-state index contributed by atoms with van der Waals surface area (Å²) in [5, 5.41) is 3.87. The first-order valence-electron chi connectivity index (χ1n) is 8.11. The highest BCUT2D eigenvalue weighted by molar-refractivity contribution is 5.87. The predicted molar refractivity (Wildman–Crippen MR) is 93.5 cm³/mol. The first kappa shape index (κ1) is 18.0. The zero-order chi connectivity index (χ0) is 17.7. The number of fused-ring (bicyclic) bond motifs is 1. The summed E-state index contributed by atoms with van der Waals surface area (Å²) < 4.78 is 5.62. The summed E-state index contributed by atoms with van der Waals surface area (Å²) in [6, 6.07) is 7.19. The van der Waals surface area contributed by atoms with Crippen molar-refractivity contribution in [1.29, 1.82) is 0 Å². The van der Waals surface area contributed by atoms with E-state index in [0.29, 0.717) is 17.4 Å². The smallest absolute Gasteiger partial charge is 0.328 e. The number of rotatable bonds is 7. The Morgan fingerprint density at radius 1 is 1.25 bits per heavy atom. The Morgan fingerprint density at radius 2 is 1.96 bits per heavy atom. The van der Waals surface area contributed by atoms with Crippen LogP contribution in [0.3, 0.4) is 0 Å². The van der Waals surface area contributed by atoms with Crippen molar-refractivity contribution in [2.45, 2.75) is 19.4 Å². The Balaban J connectivity index is 2.17. The van der Waals surface area contributed by atoms with Gasteiger partial charge in [0, 0.05) is 23.5 Å². The molecule has 0 aliphatic heterocycles. The molecule has 1 amide bonds. The Kier molecular flexibility index (Phi) is 5.62. The molecule has 2 N–H and O–H groups in total. The summed E-state index contributed by atoms with van der Waals surface area (Å²) in [5.74, 6) is -0.571. The van der Waals surface area contributed by atoms with Crippen molar-refractivity contribution in [1.82, 2.24) is 10.3 Å². The van der Waals surface area contributed by atoms with Crippen molar-refractivity contribution >= 4 is 22.8 Å². The fourth-order valence-corrected chi connectivity index (χ4v) is 2.63. The van der Waals surface area contributed by atoms with Crippen LogP contribution in [-0.2, 0) is 20.7 Å². The van der Waals surface area contributed by atoms with Crippen LogP contribution in [0.2, 0.25) is 0 Å². The number of hydrogen-bond acceptors (Lipinski definition) is 3. The number of carbonyl (C=O) groups excluding carboxylic acids is 2. The van der Waals surface area contributed by atoms with E-state index in [1.807, 2.05) is 51.6 Å². The fraction of sp³-hybridized carbons (Fsp3) is 0.444. The standard InChI is InChI=1S/C18H25N3O3/c1-5-24-18(23)16(20-17(22)12-21(2,3)4)10-13-11-19-15-9-7-6-8-14(13)15/h6-9,11,16,19H,5,10,12H2,1-4H3/p+1/t16-/m0/s1. The van der Waals surface area contributed by atoms with E-state index in [0.717, 1.165) is 16.5 Å². The quantitative estimate of drug-likeness (QED) is 0.596. The topological polar surface area (TPSA) is 71.2 Å². The molecule has 0 unspecified atom stereocenters. The minimum Gasteiger partial charge on any atom is -0.464 e. The van der Waals surface area contributed by atoms with Gasteiger partial charge in [-0.25, -0.2) is 4.79 Å².